The highest BCUT2D eigenvalue weighted by atomic mass is 15.3. The normalized spacial score (nSPS) is 12.9. The van der Waals surface area contributed by atoms with Gasteiger partial charge in [-0.15, -0.1) is 0 Å². The van der Waals surface area contributed by atoms with E-state index < -0.39 is 0 Å². The fraction of sp³-hybridized carbons (Fsp3) is 0.591. The molecule has 0 fully saturated rings. The molecule has 0 radical (unpaired) electrons. The summed E-state index contributed by atoms with van der Waals surface area (Å²) in [5, 5.41) is 4.58. The van der Waals surface area contributed by atoms with Gasteiger partial charge in [-0.3, -0.25) is 4.68 Å². The van der Waals surface area contributed by atoms with E-state index in [9.17, 15) is 0 Å². The Bertz CT molecular complexity index is 644. The van der Waals surface area contributed by atoms with Crippen molar-refractivity contribution in [2.24, 2.45) is 10.8 Å². The summed E-state index contributed by atoms with van der Waals surface area (Å²) in [5.74, 6) is 0. The molecule has 24 heavy (non-hydrogen) atoms. The standard InChI is InChI=1S/C22H34N2/c1-16(2)24-15-19(14-23-24)20-17(12-21(3,4)5)10-9-11-18(20)13-22(6,7)8/h9-11,14-16H,12-13H2,1-8H3. The molecule has 0 atom stereocenters. The smallest absolute Gasteiger partial charge is 0.0568 e. The van der Waals surface area contributed by atoms with Gasteiger partial charge in [0.2, 0.25) is 0 Å². The lowest BCUT2D eigenvalue weighted by Crippen LogP contribution is -2.13. The predicted molar refractivity (Wildman–Crippen MR) is 104 cm³/mol. The molecular formula is C22H34N2. The fourth-order valence-corrected chi connectivity index (χ4v) is 3.21. The van der Waals surface area contributed by atoms with Crippen LogP contribution < -0.4 is 0 Å². The molecule has 1 aromatic carbocycles. The number of rotatable bonds is 4. The largest absolute Gasteiger partial charge is 0.270 e. The summed E-state index contributed by atoms with van der Waals surface area (Å²) in [5.41, 5.74) is 6.06. The topological polar surface area (TPSA) is 17.8 Å². The van der Waals surface area contributed by atoms with E-state index in [-0.39, 0.29) is 10.8 Å². The number of benzene rings is 1. The molecule has 0 spiro atoms. The van der Waals surface area contributed by atoms with Crippen LogP contribution in [0.1, 0.15) is 72.6 Å². The van der Waals surface area contributed by atoms with Crippen molar-refractivity contribution >= 4 is 0 Å². The van der Waals surface area contributed by atoms with Crippen LogP contribution in [0, 0.1) is 10.8 Å². The van der Waals surface area contributed by atoms with Gasteiger partial charge in [0, 0.05) is 17.8 Å². The summed E-state index contributed by atoms with van der Waals surface area (Å²) in [6.07, 6.45) is 6.40. The van der Waals surface area contributed by atoms with E-state index in [2.05, 4.69) is 89.6 Å². The average Bonchev–Trinajstić information content (AvgIpc) is 2.84. The second kappa shape index (κ2) is 6.74. The maximum atomic E-state index is 4.58. The van der Waals surface area contributed by atoms with Crippen LogP contribution in [0.15, 0.2) is 30.6 Å². The van der Waals surface area contributed by atoms with Gasteiger partial charge in [0.15, 0.2) is 0 Å². The maximum Gasteiger partial charge on any atom is 0.0568 e. The number of hydrogen-bond donors (Lipinski definition) is 0. The molecule has 0 aliphatic heterocycles. The molecule has 0 N–H and O–H groups in total. The summed E-state index contributed by atoms with van der Waals surface area (Å²) in [6, 6.07) is 7.19. The van der Waals surface area contributed by atoms with Crippen LogP contribution in [0.4, 0.5) is 0 Å². The molecule has 2 heteroatoms. The highest BCUT2D eigenvalue weighted by Gasteiger charge is 2.21. The third-order valence-electron chi connectivity index (χ3n) is 4.10. The van der Waals surface area contributed by atoms with Crippen molar-refractivity contribution < 1.29 is 0 Å². The molecule has 0 unspecified atom stereocenters. The van der Waals surface area contributed by atoms with E-state index in [4.69, 9.17) is 0 Å². The molecule has 1 heterocycles. The molecule has 132 valence electrons. The molecule has 2 aromatic rings. The maximum absolute atomic E-state index is 4.58. The molecule has 2 nitrogen and oxygen atoms in total. The third-order valence-corrected chi connectivity index (χ3v) is 4.10. The zero-order valence-corrected chi connectivity index (χ0v) is 16.8. The second-order valence-corrected chi connectivity index (χ2v) is 9.73. The van der Waals surface area contributed by atoms with Gasteiger partial charge in [0.05, 0.1) is 6.20 Å². The minimum atomic E-state index is 0.267. The van der Waals surface area contributed by atoms with Crippen molar-refractivity contribution in [2.45, 2.75) is 74.3 Å². The van der Waals surface area contributed by atoms with Gasteiger partial charge in [-0.25, -0.2) is 0 Å². The van der Waals surface area contributed by atoms with Crippen LogP contribution in [-0.2, 0) is 12.8 Å². The Morgan fingerprint density at radius 1 is 0.917 bits per heavy atom. The number of hydrogen-bond acceptors (Lipinski definition) is 1. The van der Waals surface area contributed by atoms with Crippen molar-refractivity contribution in [1.29, 1.82) is 0 Å². The monoisotopic (exact) mass is 326 g/mol. The van der Waals surface area contributed by atoms with Crippen LogP contribution in [0.5, 0.6) is 0 Å². The summed E-state index contributed by atoms with van der Waals surface area (Å²) >= 11 is 0. The van der Waals surface area contributed by atoms with Crippen molar-refractivity contribution in [3.05, 3.63) is 41.7 Å². The molecule has 0 aliphatic rings. The van der Waals surface area contributed by atoms with Crippen LogP contribution in [0.3, 0.4) is 0 Å². The van der Waals surface area contributed by atoms with Crippen molar-refractivity contribution in [1.82, 2.24) is 9.78 Å². The highest BCUT2D eigenvalue weighted by Crippen LogP contribution is 2.35. The van der Waals surface area contributed by atoms with E-state index in [1.54, 1.807) is 0 Å². The Balaban J connectivity index is 2.58. The molecular weight excluding hydrogens is 292 g/mol. The van der Waals surface area contributed by atoms with Crippen molar-refractivity contribution in [3.8, 4) is 11.1 Å². The number of aromatic nitrogens is 2. The Morgan fingerprint density at radius 2 is 1.42 bits per heavy atom. The second-order valence-electron chi connectivity index (χ2n) is 9.73. The van der Waals surface area contributed by atoms with Gasteiger partial charge >= 0.3 is 0 Å². The van der Waals surface area contributed by atoms with Crippen LogP contribution in [-0.4, -0.2) is 9.78 Å². The highest BCUT2D eigenvalue weighted by molar-refractivity contribution is 5.70. The number of nitrogens with zero attached hydrogens (tertiary/aromatic N) is 2. The van der Waals surface area contributed by atoms with E-state index >= 15 is 0 Å². The predicted octanol–water partition coefficient (Wildman–Crippen LogP) is 6.31. The first-order chi connectivity index (χ1) is 11.0. The minimum absolute atomic E-state index is 0.267. The van der Waals surface area contributed by atoms with Gasteiger partial charge in [0.25, 0.3) is 0 Å². The lowest BCUT2D eigenvalue weighted by Gasteiger charge is -2.25. The van der Waals surface area contributed by atoms with Crippen molar-refractivity contribution in [2.75, 3.05) is 0 Å². The zero-order chi connectivity index (χ0) is 18.1. The quantitative estimate of drug-likeness (QED) is 0.644. The summed E-state index contributed by atoms with van der Waals surface area (Å²) in [7, 11) is 0. The molecule has 0 saturated heterocycles. The van der Waals surface area contributed by atoms with E-state index in [0.29, 0.717) is 6.04 Å². The first-order valence-corrected chi connectivity index (χ1v) is 9.11. The Labute approximate surface area is 148 Å². The Hall–Kier alpha value is -1.57. The Morgan fingerprint density at radius 3 is 1.79 bits per heavy atom. The van der Waals surface area contributed by atoms with E-state index in [1.165, 1.54) is 22.3 Å². The van der Waals surface area contributed by atoms with Gasteiger partial charge in [-0.1, -0.05) is 59.7 Å². The van der Waals surface area contributed by atoms with Gasteiger partial charge < -0.3 is 0 Å². The summed E-state index contributed by atoms with van der Waals surface area (Å²) < 4.78 is 2.06. The molecule has 2 rings (SSSR count). The third kappa shape index (κ3) is 4.96. The molecule has 0 bridgehead atoms. The zero-order valence-electron chi connectivity index (χ0n) is 16.8. The van der Waals surface area contributed by atoms with Gasteiger partial charge in [-0.05, 0) is 54.2 Å². The average molecular weight is 327 g/mol. The van der Waals surface area contributed by atoms with Gasteiger partial charge in [0.1, 0.15) is 0 Å². The van der Waals surface area contributed by atoms with Gasteiger partial charge in [-0.2, -0.15) is 5.10 Å². The SMILES string of the molecule is CC(C)n1cc(-c2c(CC(C)(C)C)cccc2CC(C)(C)C)cn1. The molecule has 1 aromatic heterocycles. The van der Waals surface area contributed by atoms with Crippen LogP contribution in [0.2, 0.25) is 0 Å². The fourth-order valence-electron chi connectivity index (χ4n) is 3.21. The first kappa shape index (κ1) is 18.8. The first-order valence-electron chi connectivity index (χ1n) is 9.11. The molecule has 0 saturated carbocycles. The molecule has 0 aliphatic carbocycles. The Kier molecular flexibility index (Phi) is 5.27. The van der Waals surface area contributed by atoms with Crippen molar-refractivity contribution in [3.63, 3.8) is 0 Å². The summed E-state index contributed by atoms with van der Waals surface area (Å²) in [6.45, 7) is 18.2. The minimum Gasteiger partial charge on any atom is -0.270 e. The molecule has 0 amide bonds. The van der Waals surface area contributed by atoms with Crippen LogP contribution in [0.25, 0.3) is 11.1 Å². The lowest BCUT2D eigenvalue weighted by atomic mass is 9.80. The van der Waals surface area contributed by atoms with Crippen LogP contribution >= 0.6 is 0 Å². The summed E-state index contributed by atoms with van der Waals surface area (Å²) in [4.78, 5) is 0. The lowest BCUT2D eigenvalue weighted by molar-refractivity contribution is 0.406. The van der Waals surface area contributed by atoms with E-state index in [1.807, 2.05) is 6.20 Å². The van der Waals surface area contributed by atoms with E-state index in [0.717, 1.165) is 12.8 Å².